The van der Waals surface area contributed by atoms with Crippen LogP contribution in [0, 0.1) is 5.92 Å². The summed E-state index contributed by atoms with van der Waals surface area (Å²) >= 11 is 0. The van der Waals surface area contributed by atoms with Gasteiger partial charge in [0.25, 0.3) is 0 Å². The second-order valence-corrected chi connectivity index (χ2v) is 5.32. The van der Waals surface area contributed by atoms with Gasteiger partial charge in [-0.25, -0.2) is 4.79 Å². The van der Waals surface area contributed by atoms with Gasteiger partial charge in [-0.15, -0.1) is 0 Å². The molecule has 0 bridgehead atoms. The Morgan fingerprint density at radius 2 is 2.00 bits per heavy atom. The van der Waals surface area contributed by atoms with Crippen LogP contribution in [0.15, 0.2) is 0 Å². The molecule has 2 atom stereocenters. The molecule has 0 spiro atoms. The monoisotopic (exact) mass is 270 g/mol. The van der Waals surface area contributed by atoms with Crippen molar-refractivity contribution in [2.45, 2.75) is 50.7 Å². The second-order valence-electron chi connectivity index (χ2n) is 5.32. The Bertz CT molecular complexity index is 331. The van der Waals surface area contributed by atoms with Gasteiger partial charge in [0.2, 0.25) is 0 Å². The van der Waals surface area contributed by atoms with Crippen LogP contribution < -0.4 is 10.6 Å². The van der Waals surface area contributed by atoms with E-state index in [0.717, 1.165) is 13.0 Å². The second kappa shape index (κ2) is 6.75. The number of carbonyl (C=O) groups excluding carboxylic acids is 1. The van der Waals surface area contributed by atoms with Crippen molar-refractivity contribution >= 4 is 12.0 Å². The molecular weight excluding hydrogens is 248 g/mol. The standard InChI is InChI=1S/C13H22N2O4/c16-11(17)3-1-2-7-14-13(18)15-10-6-8-19-12(10)9-4-5-9/h9-10,12H,1-8H2,(H,16,17)(H2,14,15,18). The number of hydrogen-bond donors (Lipinski definition) is 3. The predicted octanol–water partition coefficient (Wildman–Crippen LogP) is 1.11. The van der Waals surface area contributed by atoms with Crippen molar-refractivity contribution in [1.29, 1.82) is 0 Å². The third-order valence-electron chi connectivity index (χ3n) is 3.64. The van der Waals surface area contributed by atoms with Crippen molar-refractivity contribution in [2.24, 2.45) is 5.92 Å². The van der Waals surface area contributed by atoms with Crippen LogP contribution in [0.1, 0.15) is 38.5 Å². The number of carboxylic acids is 1. The minimum atomic E-state index is -0.792. The average molecular weight is 270 g/mol. The van der Waals surface area contributed by atoms with E-state index in [1.807, 2.05) is 0 Å². The van der Waals surface area contributed by atoms with Crippen molar-refractivity contribution < 1.29 is 19.4 Å². The van der Waals surface area contributed by atoms with Crippen molar-refractivity contribution in [2.75, 3.05) is 13.2 Å². The number of aliphatic carboxylic acids is 1. The molecule has 1 aliphatic heterocycles. The maximum Gasteiger partial charge on any atom is 0.315 e. The fourth-order valence-corrected chi connectivity index (χ4v) is 2.48. The van der Waals surface area contributed by atoms with Crippen LogP contribution >= 0.6 is 0 Å². The molecule has 2 aliphatic rings. The van der Waals surface area contributed by atoms with Crippen molar-refractivity contribution in [3.05, 3.63) is 0 Å². The highest BCUT2D eigenvalue weighted by Crippen LogP contribution is 2.38. The smallest absolute Gasteiger partial charge is 0.315 e. The van der Waals surface area contributed by atoms with Gasteiger partial charge in [-0.3, -0.25) is 4.79 Å². The average Bonchev–Trinajstić information content (AvgIpc) is 3.10. The minimum absolute atomic E-state index is 0.131. The third kappa shape index (κ3) is 4.70. The lowest BCUT2D eigenvalue weighted by Crippen LogP contribution is -2.46. The minimum Gasteiger partial charge on any atom is -0.481 e. The highest BCUT2D eigenvalue weighted by Gasteiger charge is 2.41. The Morgan fingerprint density at radius 1 is 1.21 bits per heavy atom. The van der Waals surface area contributed by atoms with Gasteiger partial charge in [-0.2, -0.15) is 0 Å². The van der Waals surface area contributed by atoms with Gasteiger partial charge in [0.1, 0.15) is 0 Å². The Hall–Kier alpha value is -1.30. The number of nitrogens with one attached hydrogen (secondary N) is 2. The first-order valence-corrected chi connectivity index (χ1v) is 7.04. The third-order valence-corrected chi connectivity index (χ3v) is 3.64. The largest absolute Gasteiger partial charge is 0.481 e. The van der Waals surface area contributed by atoms with Gasteiger partial charge in [0.05, 0.1) is 12.1 Å². The number of amides is 2. The highest BCUT2D eigenvalue weighted by molar-refractivity contribution is 5.74. The number of carboxylic acid groups (broad SMARTS) is 1. The lowest BCUT2D eigenvalue weighted by molar-refractivity contribution is -0.137. The Morgan fingerprint density at radius 3 is 2.68 bits per heavy atom. The Balaban J connectivity index is 1.57. The van der Waals surface area contributed by atoms with E-state index in [2.05, 4.69) is 10.6 Å². The molecule has 1 saturated carbocycles. The van der Waals surface area contributed by atoms with E-state index in [0.29, 0.717) is 25.3 Å². The van der Waals surface area contributed by atoms with Gasteiger partial charge >= 0.3 is 12.0 Å². The van der Waals surface area contributed by atoms with E-state index in [4.69, 9.17) is 9.84 Å². The fraction of sp³-hybridized carbons (Fsp3) is 0.846. The van der Waals surface area contributed by atoms with Gasteiger partial charge < -0.3 is 20.5 Å². The molecule has 2 amide bonds. The van der Waals surface area contributed by atoms with Crippen LogP contribution in [0.5, 0.6) is 0 Å². The van der Waals surface area contributed by atoms with Gasteiger partial charge in [0.15, 0.2) is 0 Å². The van der Waals surface area contributed by atoms with Gasteiger partial charge in [0, 0.05) is 19.6 Å². The van der Waals surface area contributed by atoms with E-state index in [1.165, 1.54) is 12.8 Å². The lowest BCUT2D eigenvalue weighted by Gasteiger charge is -2.19. The summed E-state index contributed by atoms with van der Waals surface area (Å²) in [6, 6.07) is -0.0389. The van der Waals surface area contributed by atoms with E-state index in [1.54, 1.807) is 0 Å². The molecule has 3 N–H and O–H groups in total. The quantitative estimate of drug-likeness (QED) is 0.605. The van der Waals surface area contributed by atoms with E-state index < -0.39 is 5.97 Å². The first-order chi connectivity index (χ1) is 9.16. The SMILES string of the molecule is O=C(O)CCCCNC(=O)NC1CCOC1C1CC1. The number of ether oxygens (including phenoxy) is 1. The molecule has 0 aromatic rings. The van der Waals surface area contributed by atoms with Crippen LogP contribution in [0.3, 0.4) is 0 Å². The zero-order valence-corrected chi connectivity index (χ0v) is 11.1. The van der Waals surface area contributed by atoms with Crippen molar-refractivity contribution in [1.82, 2.24) is 10.6 Å². The van der Waals surface area contributed by atoms with E-state index >= 15 is 0 Å². The number of carbonyl (C=O) groups is 2. The summed E-state index contributed by atoms with van der Waals surface area (Å²) in [5.41, 5.74) is 0. The summed E-state index contributed by atoms with van der Waals surface area (Å²) in [5, 5.41) is 14.2. The zero-order chi connectivity index (χ0) is 13.7. The lowest BCUT2D eigenvalue weighted by atomic mass is 10.1. The molecule has 1 saturated heterocycles. The van der Waals surface area contributed by atoms with E-state index in [9.17, 15) is 9.59 Å². The normalized spacial score (nSPS) is 26.1. The van der Waals surface area contributed by atoms with Crippen LogP contribution in [-0.4, -0.2) is 42.4 Å². The molecule has 6 heteroatoms. The molecule has 19 heavy (non-hydrogen) atoms. The van der Waals surface area contributed by atoms with Crippen LogP contribution in [-0.2, 0) is 9.53 Å². The summed E-state index contributed by atoms with van der Waals surface area (Å²) in [6.45, 7) is 1.24. The summed E-state index contributed by atoms with van der Waals surface area (Å²) in [6.07, 6.45) is 4.92. The number of rotatable bonds is 7. The number of urea groups is 1. The summed E-state index contributed by atoms with van der Waals surface area (Å²) < 4.78 is 5.65. The molecular formula is C13H22N2O4. The van der Waals surface area contributed by atoms with Gasteiger partial charge in [-0.05, 0) is 38.0 Å². The summed E-state index contributed by atoms with van der Waals surface area (Å²) in [7, 11) is 0. The molecule has 0 aromatic heterocycles. The molecule has 1 heterocycles. The zero-order valence-electron chi connectivity index (χ0n) is 11.1. The predicted molar refractivity (Wildman–Crippen MR) is 68.9 cm³/mol. The molecule has 1 aliphatic carbocycles. The maximum absolute atomic E-state index is 11.7. The highest BCUT2D eigenvalue weighted by atomic mass is 16.5. The molecule has 0 radical (unpaired) electrons. The Kier molecular flexibility index (Phi) is 5.01. The summed E-state index contributed by atoms with van der Waals surface area (Å²) in [4.78, 5) is 22.0. The summed E-state index contributed by atoms with van der Waals surface area (Å²) in [5.74, 6) is -0.164. The first-order valence-electron chi connectivity index (χ1n) is 7.04. The van der Waals surface area contributed by atoms with Crippen molar-refractivity contribution in [3.63, 3.8) is 0 Å². The molecule has 108 valence electrons. The maximum atomic E-state index is 11.7. The molecule has 6 nitrogen and oxygen atoms in total. The van der Waals surface area contributed by atoms with Crippen LogP contribution in [0.2, 0.25) is 0 Å². The van der Waals surface area contributed by atoms with Gasteiger partial charge in [-0.1, -0.05) is 0 Å². The topological polar surface area (TPSA) is 87.7 Å². The van der Waals surface area contributed by atoms with Crippen molar-refractivity contribution in [3.8, 4) is 0 Å². The number of unbranched alkanes of at least 4 members (excludes halogenated alkanes) is 1. The molecule has 2 rings (SSSR count). The number of hydrogen-bond acceptors (Lipinski definition) is 3. The fourth-order valence-electron chi connectivity index (χ4n) is 2.48. The van der Waals surface area contributed by atoms with Crippen LogP contribution in [0.4, 0.5) is 4.79 Å². The Labute approximate surface area is 112 Å². The molecule has 2 unspecified atom stereocenters. The molecule has 0 aromatic carbocycles. The van der Waals surface area contributed by atoms with Crippen LogP contribution in [0.25, 0.3) is 0 Å². The molecule has 2 fully saturated rings. The van der Waals surface area contributed by atoms with E-state index in [-0.39, 0.29) is 24.6 Å². The first kappa shape index (κ1) is 14.1.